The third kappa shape index (κ3) is 4.47. The van der Waals surface area contributed by atoms with Gasteiger partial charge in [0, 0.05) is 32.8 Å². The molecule has 1 aromatic rings. The van der Waals surface area contributed by atoms with Crippen LogP contribution in [-0.4, -0.2) is 50.7 Å². The number of ether oxygens (including phenoxy) is 1. The van der Waals surface area contributed by atoms with Gasteiger partial charge < -0.3 is 15.0 Å². The molecule has 1 amide bonds. The van der Waals surface area contributed by atoms with E-state index >= 15 is 0 Å². The van der Waals surface area contributed by atoms with E-state index in [1.54, 1.807) is 7.11 Å². The lowest BCUT2D eigenvalue weighted by molar-refractivity contribution is 0.0942. The molecule has 1 saturated heterocycles. The maximum atomic E-state index is 13.5. The smallest absolute Gasteiger partial charge is 0.254 e. The van der Waals surface area contributed by atoms with E-state index < -0.39 is 17.5 Å². The summed E-state index contributed by atoms with van der Waals surface area (Å²) in [5.74, 6) is -1.66. The second-order valence-electron chi connectivity index (χ2n) is 5.28. The molecular weight excluding hydrogens is 278 g/mol. The molecule has 0 spiro atoms. The highest BCUT2D eigenvalue weighted by atomic mass is 19.1. The molecule has 0 bridgehead atoms. The number of hydrogen-bond donors (Lipinski definition) is 1. The van der Waals surface area contributed by atoms with Gasteiger partial charge in [-0.25, -0.2) is 8.78 Å². The molecule has 0 aromatic heterocycles. The topological polar surface area (TPSA) is 41.6 Å². The van der Waals surface area contributed by atoms with E-state index in [4.69, 9.17) is 4.74 Å². The zero-order valence-corrected chi connectivity index (χ0v) is 12.1. The number of carbonyl (C=O) groups is 1. The first-order chi connectivity index (χ1) is 10.1. The van der Waals surface area contributed by atoms with Crippen LogP contribution in [0, 0.1) is 17.6 Å². The summed E-state index contributed by atoms with van der Waals surface area (Å²) in [5, 5.41) is 2.72. The summed E-state index contributed by atoms with van der Waals surface area (Å²) in [7, 11) is 1.67. The Morgan fingerprint density at radius 1 is 1.48 bits per heavy atom. The van der Waals surface area contributed by atoms with E-state index in [9.17, 15) is 13.6 Å². The lowest BCUT2D eigenvalue weighted by Crippen LogP contribution is -2.32. The SMILES string of the molecule is COCCN1CC[C@H](CNC(=O)c2ccc(F)cc2F)C1. The monoisotopic (exact) mass is 298 g/mol. The zero-order valence-electron chi connectivity index (χ0n) is 12.1. The van der Waals surface area contributed by atoms with E-state index in [1.807, 2.05) is 0 Å². The van der Waals surface area contributed by atoms with Gasteiger partial charge in [-0.3, -0.25) is 4.79 Å². The Hall–Kier alpha value is -1.53. The molecule has 1 aliphatic rings. The number of carbonyl (C=O) groups excluding carboxylic acids is 1. The second-order valence-corrected chi connectivity index (χ2v) is 5.28. The average molecular weight is 298 g/mol. The van der Waals surface area contributed by atoms with Crippen molar-refractivity contribution in [1.82, 2.24) is 10.2 Å². The van der Waals surface area contributed by atoms with Gasteiger partial charge in [-0.1, -0.05) is 0 Å². The van der Waals surface area contributed by atoms with Crippen molar-refractivity contribution in [2.75, 3.05) is 39.9 Å². The largest absolute Gasteiger partial charge is 0.383 e. The lowest BCUT2D eigenvalue weighted by atomic mass is 10.1. The van der Waals surface area contributed by atoms with Crippen LogP contribution in [-0.2, 0) is 4.74 Å². The van der Waals surface area contributed by atoms with E-state index in [0.29, 0.717) is 19.1 Å². The van der Waals surface area contributed by atoms with Crippen LogP contribution in [0.2, 0.25) is 0 Å². The van der Waals surface area contributed by atoms with Gasteiger partial charge >= 0.3 is 0 Å². The summed E-state index contributed by atoms with van der Waals surface area (Å²) < 4.78 is 31.3. The summed E-state index contributed by atoms with van der Waals surface area (Å²) in [5.41, 5.74) is -0.120. The number of benzene rings is 1. The highest BCUT2D eigenvalue weighted by molar-refractivity contribution is 5.94. The van der Waals surface area contributed by atoms with Gasteiger partial charge in [0.05, 0.1) is 12.2 Å². The minimum absolute atomic E-state index is 0.120. The molecule has 4 nitrogen and oxygen atoms in total. The van der Waals surface area contributed by atoms with Crippen LogP contribution >= 0.6 is 0 Å². The van der Waals surface area contributed by atoms with E-state index in [-0.39, 0.29) is 5.56 Å². The number of likely N-dealkylation sites (tertiary alicyclic amines) is 1. The van der Waals surface area contributed by atoms with Crippen LogP contribution in [0.25, 0.3) is 0 Å². The van der Waals surface area contributed by atoms with Gasteiger partial charge in [0.25, 0.3) is 5.91 Å². The molecule has 116 valence electrons. The standard InChI is InChI=1S/C15H20F2N2O2/c1-21-7-6-19-5-4-11(10-19)9-18-15(20)13-3-2-12(16)8-14(13)17/h2-3,8,11H,4-7,9-10H2,1H3,(H,18,20)/t11-/m1/s1. The fourth-order valence-electron chi connectivity index (χ4n) is 2.51. The maximum Gasteiger partial charge on any atom is 0.254 e. The molecule has 0 unspecified atom stereocenters. The molecule has 1 aromatic carbocycles. The average Bonchev–Trinajstić information content (AvgIpc) is 2.90. The predicted molar refractivity (Wildman–Crippen MR) is 75.1 cm³/mol. The highest BCUT2D eigenvalue weighted by Gasteiger charge is 2.23. The summed E-state index contributed by atoms with van der Waals surface area (Å²) >= 11 is 0. The molecule has 1 atom stereocenters. The number of nitrogens with one attached hydrogen (secondary N) is 1. The Morgan fingerprint density at radius 2 is 2.29 bits per heavy atom. The van der Waals surface area contributed by atoms with Gasteiger partial charge in [0.1, 0.15) is 11.6 Å². The zero-order chi connectivity index (χ0) is 15.2. The van der Waals surface area contributed by atoms with Crippen LogP contribution in [0.1, 0.15) is 16.8 Å². The molecule has 1 aliphatic heterocycles. The lowest BCUT2D eigenvalue weighted by Gasteiger charge is -2.15. The quantitative estimate of drug-likeness (QED) is 0.868. The summed E-state index contributed by atoms with van der Waals surface area (Å²) in [6, 6.07) is 2.97. The number of halogens is 2. The summed E-state index contributed by atoms with van der Waals surface area (Å²) in [6.45, 7) is 3.96. The summed E-state index contributed by atoms with van der Waals surface area (Å²) in [4.78, 5) is 14.2. The van der Waals surface area contributed by atoms with Crippen molar-refractivity contribution in [3.05, 3.63) is 35.4 Å². The molecule has 0 radical (unpaired) electrons. The van der Waals surface area contributed by atoms with Crippen molar-refractivity contribution in [2.24, 2.45) is 5.92 Å². The van der Waals surface area contributed by atoms with Crippen molar-refractivity contribution >= 4 is 5.91 Å². The molecular formula is C15H20F2N2O2. The Bertz CT molecular complexity index is 497. The third-order valence-corrected chi connectivity index (χ3v) is 3.71. The molecule has 1 N–H and O–H groups in total. The van der Waals surface area contributed by atoms with Crippen molar-refractivity contribution in [2.45, 2.75) is 6.42 Å². The number of rotatable bonds is 6. The molecule has 1 heterocycles. The van der Waals surface area contributed by atoms with E-state index in [1.165, 1.54) is 6.07 Å². The Morgan fingerprint density at radius 3 is 3.00 bits per heavy atom. The summed E-state index contributed by atoms with van der Waals surface area (Å²) in [6.07, 6.45) is 0.996. The maximum absolute atomic E-state index is 13.5. The van der Waals surface area contributed by atoms with Crippen LogP contribution in [0.5, 0.6) is 0 Å². The fraction of sp³-hybridized carbons (Fsp3) is 0.533. The molecule has 0 saturated carbocycles. The molecule has 2 rings (SSSR count). The van der Waals surface area contributed by atoms with E-state index in [0.717, 1.165) is 38.2 Å². The number of nitrogens with zero attached hydrogens (tertiary/aromatic N) is 1. The van der Waals surface area contributed by atoms with Gasteiger partial charge in [-0.15, -0.1) is 0 Å². The van der Waals surface area contributed by atoms with Gasteiger partial charge in [0.15, 0.2) is 0 Å². The Balaban J connectivity index is 1.79. The van der Waals surface area contributed by atoms with E-state index in [2.05, 4.69) is 10.2 Å². The van der Waals surface area contributed by atoms with Gasteiger partial charge in [0.2, 0.25) is 0 Å². The fourth-order valence-corrected chi connectivity index (χ4v) is 2.51. The number of amides is 1. The first-order valence-corrected chi connectivity index (χ1v) is 7.04. The number of hydrogen-bond acceptors (Lipinski definition) is 3. The number of methoxy groups -OCH3 is 1. The first kappa shape index (κ1) is 15.9. The van der Waals surface area contributed by atoms with Crippen LogP contribution in [0.4, 0.5) is 8.78 Å². The second kappa shape index (κ2) is 7.47. The Labute approximate surface area is 123 Å². The molecule has 0 aliphatic carbocycles. The third-order valence-electron chi connectivity index (χ3n) is 3.71. The van der Waals surface area contributed by atoms with Crippen molar-refractivity contribution in [3.63, 3.8) is 0 Å². The highest BCUT2D eigenvalue weighted by Crippen LogP contribution is 2.15. The van der Waals surface area contributed by atoms with Crippen LogP contribution < -0.4 is 5.32 Å². The van der Waals surface area contributed by atoms with Crippen molar-refractivity contribution in [1.29, 1.82) is 0 Å². The van der Waals surface area contributed by atoms with Gasteiger partial charge in [-0.2, -0.15) is 0 Å². The predicted octanol–water partition coefficient (Wildman–Crippen LogP) is 1.66. The first-order valence-electron chi connectivity index (χ1n) is 7.04. The van der Waals surface area contributed by atoms with Crippen LogP contribution in [0.3, 0.4) is 0 Å². The molecule has 1 fully saturated rings. The normalized spacial score (nSPS) is 18.9. The minimum atomic E-state index is -0.833. The van der Waals surface area contributed by atoms with Crippen molar-refractivity contribution in [3.8, 4) is 0 Å². The van der Waals surface area contributed by atoms with Crippen LogP contribution in [0.15, 0.2) is 18.2 Å². The molecule has 6 heteroatoms. The van der Waals surface area contributed by atoms with Gasteiger partial charge in [-0.05, 0) is 31.0 Å². The van der Waals surface area contributed by atoms with Crippen molar-refractivity contribution < 1.29 is 18.3 Å². The molecule has 21 heavy (non-hydrogen) atoms. The Kier molecular flexibility index (Phi) is 5.64. The minimum Gasteiger partial charge on any atom is -0.383 e.